The Balaban J connectivity index is 1.43. The highest BCUT2D eigenvalue weighted by molar-refractivity contribution is 5.80. The molecule has 4 atom stereocenters. The second-order valence-corrected chi connectivity index (χ2v) is 6.87. The number of hydrogen-bond acceptors (Lipinski definition) is 2. The maximum atomic E-state index is 12.7. The first-order valence-corrected chi connectivity index (χ1v) is 7.87. The molecule has 0 bridgehead atoms. The highest BCUT2D eigenvalue weighted by Gasteiger charge is 2.50. The molecule has 2 saturated heterocycles. The summed E-state index contributed by atoms with van der Waals surface area (Å²) in [6.45, 7) is 2.17. The quantitative estimate of drug-likeness (QED) is 0.808. The van der Waals surface area contributed by atoms with E-state index >= 15 is 0 Å². The van der Waals surface area contributed by atoms with Crippen molar-refractivity contribution in [3.05, 3.63) is 0 Å². The molecule has 1 N–H and O–H groups in total. The monoisotopic (exact) mass is 248 g/mol. The minimum Gasteiger partial charge on any atom is -0.338 e. The van der Waals surface area contributed by atoms with Crippen LogP contribution in [-0.2, 0) is 4.79 Å². The van der Waals surface area contributed by atoms with Crippen LogP contribution >= 0.6 is 0 Å². The normalized spacial score (nSPS) is 46.4. The molecule has 4 unspecified atom stereocenters. The summed E-state index contributed by atoms with van der Waals surface area (Å²) in [6, 6.07) is 1.10. The van der Waals surface area contributed by atoms with Gasteiger partial charge in [-0.2, -0.15) is 0 Å². The molecule has 1 amide bonds. The number of nitrogens with zero attached hydrogens (tertiary/aromatic N) is 1. The summed E-state index contributed by atoms with van der Waals surface area (Å²) in [6.07, 6.45) is 8.81. The van der Waals surface area contributed by atoms with Crippen molar-refractivity contribution in [1.29, 1.82) is 0 Å². The maximum Gasteiger partial charge on any atom is 0.226 e. The lowest BCUT2D eigenvalue weighted by molar-refractivity contribution is -0.137. The molecule has 3 heteroatoms. The fraction of sp³-hybridized carbons (Fsp3) is 0.933. The van der Waals surface area contributed by atoms with E-state index in [9.17, 15) is 4.79 Å². The van der Waals surface area contributed by atoms with E-state index in [2.05, 4.69) is 10.2 Å². The Morgan fingerprint density at radius 1 is 1.06 bits per heavy atom. The van der Waals surface area contributed by atoms with Crippen molar-refractivity contribution in [2.45, 2.75) is 57.0 Å². The van der Waals surface area contributed by atoms with Crippen molar-refractivity contribution < 1.29 is 4.79 Å². The summed E-state index contributed by atoms with van der Waals surface area (Å²) >= 11 is 0. The second-order valence-electron chi connectivity index (χ2n) is 6.87. The average Bonchev–Trinajstić information content (AvgIpc) is 2.93. The van der Waals surface area contributed by atoms with Gasteiger partial charge in [0, 0.05) is 24.5 Å². The first kappa shape index (κ1) is 11.3. The Hall–Kier alpha value is -0.570. The molecule has 0 aromatic rings. The van der Waals surface area contributed by atoms with Gasteiger partial charge in [-0.15, -0.1) is 0 Å². The van der Waals surface area contributed by atoms with Gasteiger partial charge < -0.3 is 10.2 Å². The Morgan fingerprint density at radius 3 is 2.61 bits per heavy atom. The van der Waals surface area contributed by atoms with Crippen LogP contribution in [0.3, 0.4) is 0 Å². The summed E-state index contributed by atoms with van der Waals surface area (Å²) in [5, 5.41) is 3.60. The zero-order valence-corrected chi connectivity index (χ0v) is 11.1. The first-order valence-electron chi connectivity index (χ1n) is 7.87. The summed E-state index contributed by atoms with van der Waals surface area (Å²) in [5.41, 5.74) is 0. The third-order valence-corrected chi connectivity index (χ3v) is 5.74. The van der Waals surface area contributed by atoms with Crippen LogP contribution in [0, 0.1) is 17.8 Å². The number of rotatable bonds is 2. The molecule has 3 nitrogen and oxygen atoms in total. The summed E-state index contributed by atoms with van der Waals surface area (Å²) in [7, 11) is 0. The van der Waals surface area contributed by atoms with E-state index in [4.69, 9.17) is 0 Å². The van der Waals surface area contributed by atoms with E-state index in [0.29, 0.717) is 23.9 Å². The van der Waals surface area contributed by atoms with Crippen LogP contribution in [0.15, 0.2) is 0 Å². The smallest absolute Gasteiger partial charge is 0.226 e. The van der Waals surface area contributed by atoms with Crippen LogP contribution < -0.4 is 5.32 Å². The van der Waals surface area contributed by atoms with Crippen molar-refractivity contribution in [2.75, 3.05) is 13.1 Å². The summed E-state index contributed by atoms with van der Waals surface area (Å²) < 4.78 is 0. The molecule has 4 aliphatic rings. The standard InChI is InChI=1S/C15H24N2O/c18-15(12-8-10-7-11(10)9-12)17-6-2-4-14(17)13-3-1-5-16-13/h10-14,16H,1-9H2. The second kappa shape index (κ2) is 4.22. The van der Waals surface area contributed by atoms with Gasteiger partial charge in [-0.3, -0.25) is 4.79 Å². The number of carbonyl (C=O) groups excluding carboxylic acids is 1. The van der Waals surface area contributed by atoms with Gasteiger partial charge in [0.15, 0.2) is 0 Å². The van der Waals surface area contributed by atoms with E-state index < -0.39 is 0 Å². The van der Waals surface area contributed by atoms with Gasteiger partial charge in [-0.05, 0) is 63.3 Å². The van der Waals surface area contributed by atoms with E-state index in [0.717, 1.165) is 24.9 Å². The zero-order chi connectivity index (χ0) is 12.1. The summed E-state index contributed by atoms with van der Waals surface area (Å²) in [5.74, 6) is 2.73. The molecule has 2 saturated carbocycles. The molecule has 2 aliphatic carbocycles. The largest absolute Gasteiger partial charge is 0.338 e. The number of amides is 1. The molecular formula is C15H24N2O. The zero-order valence-electron chi connectivity index (χ0n) is 11.1. The molecule has 0 aromatic heterocycles. The number of hydrogen-bond donors (Lipinski definition) is 1. The molecule has 100 valence electrons. The topological polar surface area (TPSA) is 32.3 Å². The Kier molecular flexibility index (Phi) is 2.65. The lowest BCUT2D eigenvalue weighted by Gasteiger charge is -2.31. The number of likely N-dealkylation sites (tertiary alicyclic amines) is 1. The minimum atomic E-state index is 0.385. The fourth-order valence-corrected chi connectivity index (χ4v) is 4.68. The molecule has 4 rings (SSSR count). The van der Waals surface area contributed by atoms with Gasteiger partial charge in [-0.25, -0.2) is 0 Å². The predicted molar refractivity (Wildman–Crippen MR) is 70.1 cm³/mol. The maximum absolute atomic E-state index is 12.7. The van der Waals surface area contributed by atoms with Crippen molar-refractivity contribution >= 4 is 5.91 Å². The molecule has 2 heterocycles. The molecule has 4 fully saturated rings. The van der Waals surface area contributed by atoms with Gasteiger partial charge in [0.25, 0.3) is 0 Å². The van der Waals surface area contributed by atoms with E-state index in [1.54, 1.807) is 0 Å². The van der Waals surface area contributed by atoms with Gasteiger partial charge in [0.05, 0.1) is 0 Å². The SMILES string of the molecule is O=C(C1CC2CC2C1)N1CCCC1C1CCCN1. The molecule has 18 heavy (non-hydrogen) atoms. The third kappa shape index (κ3) is 1.78. The number of nitrogens with one attached hydrogen (secondary N) is 1. The van der Waals surface area contributed by atoms with Crippen LogP contribution in [0.1, 0.15) is 44.9 Å². The lowest BCUT2D eigenvalue weighted by Crippen LogP contribution is -2.48. The number of carbonyl (C=O) groups is 1. The van der Waals surface area contributed by atoms with Crippen molar-refractivity contribution in [2.24, 2.45) is 17.8 Å². The van der Waals surface area contributed by atoms with Crippen molar-refractivity contribution in [3.63, 3.8) is 0 Å². The highest BCUT2D eigenvalue weighted by Crippen LogP contribution is 2.54. The number of fused-ring (bicyclic) bond motifs is 1. The van der Waals surface area contributed by atoms with Crippen LogP contribution in [0.2, 0.25) is 0 Å². The van der Waals surface area contributed by atoms with Crippen LogP contribution in [0.5, 0.6) is 0 Å². The van der Waals surface area contributed by atoms with Crippen molar-refractivity contribution in [3.8, 4) is 0 Å². The molecular weight excluding hydrogens is 224 g/mol. The van der Waals surface area contributed by atoms with E-state index in [1.807, 2.05) is 0 Å². The average molecular weight is 248 g/mol. The van der Waals surface area contributed by atoms with E-state index in [1.165, 1.54) is 44.9 Å². The Bertz CT molecular complexity index is 340. The minimum absolute atomic E-state index is 0.385. The summed E-state index contributed by atoms with van der Waals surface area (Å²) in [4.78, 5) is 14.9. The predicted octanol–water partition coefficient (Wildman–Crippen LogP) is 1.78. The third-order valence-electron chi connectivity index (χ3n) is 5.74. The van der Waals surface area contributed by atoms with Crippen LogP contribution in [0.25, 0.3) is 0 Å². The van der Waals surface area contributed by atoms with Crippen molar-refractivity contribution in [1.82, 2.24) is 10.2 Å². The first-order chi connectivity index (χ1) is 8.83. The van der Waals surface area contributed by atoms with Gasteiger partial charge in [-0.1, -0.05) is 0 Å². The molecule has 2 aliphatic heterocycles. The molecule has 0 spiro atoms. The van der Waals surface area contributed by atoms with Gasteiger partial charge in [0.1, 0.15) is 0 Å². The molecule has 0 aromatic carbocycles. The molecule has 0 radical (unpaired) electrons. The van der Waals surface area contributed by atoms with E-state index in [-0.39, 0.29) is 0 Å². The van der Waals surface area contributed by atoms with Gasteiger partial charge >= 0.3 is 0 Å². The Labute approximate surface area is 109 Å². The highest BCUT2D eigenvalue weighted by atomic mass is 16.2. The van der Waals surface area contributed by atoms with Gasteiger partial charge in [0.2, 0.25) is 5.91 Å². The van der Waals surface area contributed by atoms with Crippen LogP contribution in [-0.4, -0.2) is 36.0 Å². The Morgan fingerprint density at radius 2 is 1.89 bits per heavy atom. The van der Waals surface area contributed by atoms with Crippen LogP contribution in [0.4, 0.5) is 0 Å². The fourth-order valence-electron chi connectivity index (χ4n) is 4.68. The lowest BCUT2D eigenvalue weighted by atomic mass is 9.99.